The average Bonchev–Trinajstić information content (AvgIpc) is 1.77. The molecule has 3 saturated carbocycles. The number of carbonyl (C=O) groups is 3. The first-order chi connectivity index (χ1) is 43.9. The van der Waals surface area contributed by atoms with Crippen molar-refractivity contribution in [3.63, 3.8) is 0 Å². The number of nitrogens with one attached hydrogen (secondary N) is 2. The number of halogens is 5. The maximum absolute atomic E-state index is 14.6. The molecule has 3 fully saturated rings. The highest BCUT2D eigenvalue weighted by Gasteiger charge is 2.43. The largest absolute Gasteiger partial charge is 0.508 e. The van der Waals surface area contributed by atoms with Crippen molar-refractivity contribution in [2.75, 3.05) is 68.5 Å². The minimum Gasteiger partial charge on any atom is -0.508 e. The van der Waals surface area contributed by atoms with Gasteiger partial charge in [-0.2, -0.15) is 0 Å². The molecule has 0 spiro atoms. The Kier molecular flexibility index (Phi) is 26.1. The monoisotopic (exact) mass is 1400 g/mol. The number of aliphatic imine (C=N–C) groups is 3. The summed E-state index contributed by atoms with van der Waals surface area (Å²) < 4.78 is 86.6. The molecule has 11 rings (SSSR count). The zero-order valence-electron chi connectivity index (χ0n) is 50.6. The van der Waals surface area contributed by atoms with Crippen molar-refractivity contribution in [3.05, 3.63) is 113 Å². The number of phenols is 1. The van der Waals surface area contributed by atoms with Gasteiger partial charge in [-0.05, 0) is 140 Å². The second kappa shape index (κ2) is 33.6. The lowest BCUT2D eigenvalue weighted by atomic mass is 9.89. The van der Waals surface area contributed by atoms with Crippen molar-refractivity contribution < 1.29 is 56.0 Å². The Bertz CT molecular complexity index is 3550. The number of aromatic hydroxyl groups is 1. The molecule has 10 atom stereocenters. The molecule has 16 nitrogen and oxygen atoms in total. The van der Waals surface area contributed by atoms with Gasteiger partial charge >= 0.3 is 0 Å². The number of ketones is 3. The Labute approximate surface area is 555 Å². The molecule has 5 heterocycles. The van der Waals surface area contributed by atoms with Crippen LogP contribution in [0, 0.1) is 49.4 Å². The maximum Gasteiger partial charge on any atom is 0.219 e. The lowest BCUT2D eigenvalue weighted by molar-refractivity contribution is 0.0900. The van der Waals surface area contributed by atoms with Crippen LogP contribution in [0.15, 0.2) is 110 Å². The lowest BCUT2D eigenvalue weighted by Gasteiger charge is -2.22. The van der Waals surface area contributed by atoms with Crippen molar-refractivity contribution in [3.8, 4) is 23.0 Å². The molecule has 5 aromatic rings. The number of Topliss-reactive ketones (excluding diaryl/α,β-unsaturated/α-hetero) is 3. The van der Waals surface area contributed by atoms with E-state index in [1.54, 1.807) is 118 Å². The number of aromatic nitrogens is 2. The molecule has 0 radical (unpaired) electrons. The normalized spacial score (nSPS) is 23.3. The van der Waals surface area contributed by atoms with Crippen molar-refractivity contribution >= 4 is 134 Å². The van der Waals surface area contributed by atoms with Gasteiger partial charge in [-0.3, -0.25) is 44.1 Å². The minimum absolute atomic E-state index is 0.0456. The van der Waals surface area contributed by atoms with Gasteiger partial charge in [-0.15, -0.1) is 23.2 Å². The fourth-order valence-electron chi connectivity index (χ4n) is 11.6. The van der Waals surface area contributed by atoms with E-state index in [2.05, 4.69) is 35.1 Å². The molecular formula is C64H74Cl2F3N7O9P2S4. The van der Waals surface area contributed by atoms with Gasteiger partial charge in [0, 0.05) is 150 Å². The molecule has 488 valence electrons. The zero-order valence-corrected chi connectivity index (χ0v) is 57.2. The number of ether oxygens (including phenoxy) is 3. The Morgan fingerprint density at radius 3 is 1.45 bits per heavy atom. The molecular weight excluding hydrogens is 1330 g/mol. The molecule has 2 aromatic heterocycles. The third-order valence-electron chi connectivity index (χ3n) is 16.5. The summed E-state index contributed by atoms with van der Waals surface area (Å²) in [6, 6.07) is 21.3. The van der Waals surface area contributed by atoms with Crippen LogP contribution in [0.2, 0.25) is 0 Å². The van der Waals surface area contributed by atoms with Gasteiger partial charge in [0.15, 0.2) is 41.5 Å². The third kappa shape index (κ3) is 19.1. The molecule has 6 aliphatic rings. The van der Waals surface area contributed by atoms with Crippen LogP contribution in [-0.2, 0) is 9.13 Å². The zero-order chi connectivity index (χ0) is 64.7. The van der Waals surface area contributed by atoms with E-state index in [-0.39, 0.29) is 103 Å². The maximum atomic E-state index is 14.6. The van der Waals surface area contributed by atoms with E-state index >= 15 is 0 Å². The number of pyridine rings is 2. The highest BCUT2D eigenvalue weighted by Crippen LogP contribution is 2.49. The van der Waals surface area contributed by atoms with Crippen molar-refractivity contribution in [2.24, 2.45) is 50.5 Å². The van der Waals surface area contributed by atoms with Crippen LogP contribution in [0.4, 0.5) is 30.2 Å². The summed E-state index contributed by atoms with van der Waals surface area (Å²) in [5, 5.41) is 17.9. The number of methoxy groups -OCH3 is 1. The summed E-state index contributed by atoms with van der Waals surface area (Å²) in [5.41, 5.74) is 3.90. The number of hydrogen-bond acceptors (Lipinski definition) is 18. The molecule has 91 heavy (non-hydrogen) atoms. The molecule has 3 N–H and O–H groups in total. The topological polar surface area (TPSA) is 220 Å². The van der Waals surface area contributed by atoms with E-state index in [1.165, 1.54) is 13.2 Å². The number of benzene rings is 3. The van der Waals surface area contributed by atoms with Crippen LogP contribution in [-0.4, -0.2) is 138 Å². The minimum atomic E-state index is -3.42. The van der Waals surface area contributed by atoms with E-state index in [1.807, 2.05) is 36.4 Å². The lowest BCUT2D eigenvalue weighted by Crippen LogP contribution is -2.22. The summed E-state index contributed by atoms with van der Waals surface area (Å²) in [4.78, 5) is 61.1. The standard InChI is InChI=1S/C38H41F2N4O6PS2.C14H14FNO2.C12H19Cl2N2OPS2/c1-22-10-29-31(42-18-23-11-25(39)13-27(23)37(29)45)16-33(22)49-20-51(47,44-8-5-9-52-53-36-6-3-4-7-41-36)21-50-35-17-32-30(15-34(35)48-2)38(46)28-14-26(40)12-24(28)19-43-32;1-7-2-11-12(5-13(7)17)16-6-8-3-9(15)4-10(8)14(11)18;13-5-9-18(17,10-6-14)16-8-3-11-19-20-12-4-1-2-7-15-12/h3-4,6-7,10,15-19,23-28H,5,8-9,11-14,20-21H2,1-2H3,(H,44,47);2,5-6,8-10,17H,3-4H2,1H3;1-2,4,7H,3,5-6,8-11H2,(H,16,17)/t23-,24-,25-,26-,27?,28?,51?;8-,9-,10?;/m00./s1. The van der Waals surface area contributed by atoms with Gasteiger partial charge in [0.05, 0.1) is 24.2 Å². The van der Waals surface area contributed by atoms with Crippen LogP contribution in [0.1, 0.15) is 93.6 Å². The molecule has 4 unspecified atom stereocenters. The van der Waals surface area contributed by atoms with Gasteiger partial charge < -0.3 is 23.9 Å². The smallest absolute Gasteiger partial charge is 0.219 e. The van der Waals surface area contributed by atoms with Gasteiger partial charge in [0.2, 0.25) is 7.29 Å². The van der Waals surface area contributed by atoms with Crippen LogP contribution in [0.3, 0.4) is 0 Å². The number of rotatable bonds is 25. The average molecular weight is 1400 g/mol. The van der Waals surface area contributed by atoms with Crippen LogP contribution in [0.25, 0.3) is 0 Å². The number of nitrogens with zero attached hydrogens (tertiary/aromatic N) is 5. The van der Waals surface area contributed by atoms with Gasteiger partial charge in [-0.1, -0.05) is 33.7 Å². The van der Waals surface area contributed by atoms with E-state index in [4.69, 9.17) is 37.4 Å². The SMILES string of the molecule is COc1cc2c(cc1OCP(=O)(COc1cc3c(cc1C)C(=O)C1C[C@@H](F)C[C@H]1C=N3)NCCCSSc1ccccn1)N=C[C@@H]1C[C@H](F)CC1C2=O.Cc1cc2c(cc1O)N=C[C@@H]1C[C@H](F)CC1C2=O.O=P(CCCl)(CCCl)NCCCSSc1ccccn1. The molecule has 27 heteroatoms. The van der Waals surface area contributed by atoms with E-state index in [9.17, 15) is 41.8 Å². The number of alkyl halides is 5. The Morgan fingerprint density at radius 1 is 0.571 bits per heavy atom. The number of aryl methyl sites for hydroxylation is 2. The summed E-state index contributed by atoms with van der Waals surface area (Å²) >= 11 is 11.4. The second-order valence-corrected chi connectivity index (χ2v) is 34.3. The Balaban J connectivity index is 0.000000209. The molecule has 0 amide bonds. The summed E-state index contributed by atoms with van der Waals surface area (Å²) in [6.45, 7) is 4.69. The number of carbonyl (C=O) groups excluding carboxylic acids is 3. The summed E-state index contributed by atoms with van der Waals surface area (Å²) in [6.07, 6.45) is 9.32. The van der Waals surface area contributed by atoms with E-state index in [0.717, 1.165) is 34.5 Å². The van der Waals surface area contributed by atoms with Gasteiger partial charge in [0.25, 0.3) is 0 Å². The molecule has 0 bridgehead atoms. The summed E-state index contributed by atoms with van der Waals surface area (Å²) in [5.74, 6) is 1.48. The number of hydrogen-bond donors (Lipinski definition) is 3. The van der Waals surface area contributed by atoms with Gasteiger partial charge in [0.1, 0.15) is 47.4 Å². The third-order valence-corrected chi connectivity index (χ3v) is 26.7. The first-order valence-corrected chi connectivity index (χ1v) is 40.1. The number of fused-ring (bicyclic) bond motifs is 6. The quantitative estimate of drug-likeness (QED) is 0.0214. The first-order valence-electron chi connectivity index (χ1n) is 30.2. The molecule has 3 aliphatic heterocycles. The van der Waals surface area contributed by atoms with Crippen LogP contribution in [0.5, 0.6) is 23.0 Å². The van der Waals surface area contributed by atoms with Gasteiger partial charge in [-0.25, -0.2) is 23.1 Å². The highest BCUT2D eigenvalue weighted by atomic mass is 35.5. The molecule has 3 aromatic carbocycles. The van der Waals surface area contributed by atoms with Crippen molar-refractivity contribution in [2.45, 2.75) is 93.8 Å². The van der Waals surface area contributed by atoms with Crippen LogP contribution < -0.4 is 24.4 Å². The molecule has 0 saturated heterocycles. The Hall–Kier alpha value is -4.67. The Morgan fingerprint density at radius 2 is 1.00 bits per heavy atom. The predicted molar refractivity (Wildman–Crippen MR) is 366 cm³/mol. The fraction of sp³-hybridized carbons (Fsp3) is 0.469. The first kappa shape index (κ1) is 70.6. The summed E-state index contributed by atoms with van der Waals surface area (Å²) in [7, 11) is 2.30. The predicted octanol–water partition coefficient (Wildman–Crippen LogP) is 16.5. The van der Waals surface area contributed by atoms with E-state index < -0.39 is 44.9 Å². The van der Waals surface area contributed by atoms with E-state index in [0.29, 0.717) is 94.1 Å². The second-order valence-electron chi connectivity index (χ2n) is 23.1. The molecule has 3 aliphatic carbocycles. The highest BCUT2D eigenvalue weighted by molar-refractivity contribution is 8.77. The van der Waals surface area contributed by atoms with Crippen molar-refractivity contribution in [1.29, 1.82) is 0 Å². The van der Waals surface area contributed by atoms with Crippen molar-refractivity contribution in [1.82, 2.24) is 20.1 Å². The number of phenolic OH excluding ortho intramolecular Hbond substituents is 1. The van der Waals surface area contributed by atoms with Crippen LogP contribution >= 0.6 is 81.0 Å². The fourth-order valence-corrected chi connectivity index (χ4v) is 20.4.